The van der Waals surface area contributed by atoms with Crippen molar-refractivity contribution in [3.8, 4) is 46.3 Å². The van der Waals surface area contributed by atoms with Gasteiger partial charge < -0.3 is 68.3 Å². The molecule has 510 valence electrons. The Balaban J connectivity index is 0.000000154. The van der Waals surface area contributed by atoms with Gasteiger partial charge in [0.25, 0.3) is 4.92 Å². The van der Waals surface area contributed by atoms with E-state index in [9.17, 15) is 28.0 Å². The highest BCUT2D eigenvalue weighted by atomic mass is 19.4. The molecule has 0 aliphatic rings. The molecule has 33 nitrogen and oxygen atoms in total. The molecule has 8 aromatic heterocycles. The average molecular weight is 1360 g/mol. The summed E-state index contributed by atoms with van der Waals surface area (Å²) in [5.41, 5.74) is 25.9. The first kappa shape index (κ1) is 69.6. The average Bonchev–Trinajstić information content (AvgIpc) is 1.78. The lowest BCUT2D eigenvalue weighted by Gasteiger charge is -2.20. The predicted octanol–water partition coefficient (Wildman–Crippen LogP) is 9.76. The molecule has 0 atom stereocenters. The van der Waals surface area contributed by atoms with E-state index in [1.165, 1.54) is 60.3 Å². The number of carbonyl (C=O) groups excluding carboxylic acids is 1. The molecule has 0 fully saturated rings. The van der Waals surface area contributed by atoms with E-state index >= 15 is 0 Å². The maximum atomic E-state index is 12.9. The van der Waals surface area contributed by atoms with Crippen molar-refractivity contribution in [2.75, 3.05) is 79.8 Å². The minimum atomic E-state index is -4.48. The Morgan fingerprint density at radius 1 is 0.465 bits per heavy atom. The van der Waals surface area contributed by atoms with Crippen LogP contribution in [0.4, 0.5) is 89.2 Å². The molecule has 13 N–H and O–H groups in total. The Bertz CT molecular complexity index is 4560. The summed E-state index contributed by atoms with van der Waals surface area (Å²) in [6.07, 6.45) is 1.99. The molecule has 0 bridgehead atoms. The lowest BCUT2D eigenvalue weighted by molar-refractivity contribution is -0.736. The molecule has 36 heteroatoms. The lowest BCUT2D eigenvalue weighted by atomic mass is 9.87. The van der Waals surface area contributed by atoms with E-state index in [4.69, 9.17) is 41.9 Å². The summed E-state index contributed by atoms with van der Waals surface area (Å²) in [6.45, 7) is 6.32. The van der Waals surface area contributed by atoms with Crippen molar-refractivity contribution in [1.29, 1.82) is 0 Å². The molecule has 8 heterocycles. The minimum Gasteiger partial charge on any atom is -0.506 e. The Morgan fingerprint density at radius 3 is 1.17 bits per heavy atom. The number of aromatic hydroxyl groups is 1. The molecule has 12 aromatic rings. The molecule has 0 unspecified atom stereocenters. The van der Waals surface area contributed by atoms with Crippen molar-refractivity contribution >= 4 is 82.0 Å². The number of rotatable bonds is 18. The van der Waals surface area contributed by atoms with Crippen LogP contribution in [-0.2, 0) is 21.2 Å². The molecule has 0 aliphatic heterocycles. The van der Waals surface area contributed by atoms with Crippen LogP contribution < -0.4 is 58.4 Å². The Morgan fingerprint density at radius 2 is 0.818 bits per heavy atom. The van der Waals surface area contributed by atoms with Gasteiger partial charge in [-0.2, -0.15) is 51.8 Å². The number of nitrogens with one attached hydrogen (secondary N) is 4. The number of aromatic nitrogens is 16. The summed E-state index contributed by atoms with van der Waals surface area (Å²) >= 11 is 0. The first-order chi connectivity index (χ1) is 47.5. The molecular formula is C63H65F3N25O8+. The van der Waals surface area contributed by atoms with Gasteiger partial charge in [0.15, 0.2) is 30.4 Å². The van der Waals surface area contributed by atoms with Crippen LogP contribution in [-0.4, -0.2) is 131 Å². The van der Waals surface area contributed by atoms with Crippen LogP contribution in [0.15, 0.2) is 170 Å². The predicted molar refractivity (Wildman–Crippen MR) is 360 cm³/mol. The number of nitrogens with zero attached hydrogens (tertiary/aromatic N) is 17. The first-order valence-electron chi connectivity index (χ1n) is 29.2. The fraction of sp³-hybridized carbons (Fsp3) is 0.159. The number of alkyl halides is 3. The van der Waals surface area contributed by atoms with Crippen LogP contribution in [0.1, 0.15) is 42.3 Å². The number of carbonyl (C=O) groups is 1. The summed E-state index contributed by atoms with van der Waals surface area (Å²) in [5.74, 6) is 4.31. The number of hydrogen-bond acceptors (Lipinski definition) is 28. The van der Waals surface area contributed by atoms with E-state index in [-0.39, 0.29) is 69.9 Å². The number of nitrogens with two attached hydrogens (primary N) is 4. The van der Waals surface area contributed by atoms with Gasteiger partial charge in [-0.3, -0.25) is 0 Å². The van der Waals surface area contributed by atoms with E-state index in [0.717, 1.165) is 17.7 Å². The third-order valence-corrected chi connectivity index (χ3v) is 13.5. The number of esters is 1. The quantitative estimate of drug-likeness (QED) is 0.0219. The minimum absolute atomic E-state index is 0.0146. The zero-order chi connectivity index (χ0) is 71.0. The molecule has 0 radical (unpaired) electrons. The van der Waals surface area contributed by atoms with Crippen LogP contribution in [0.2, 0.25) is 0 Å². The number of ether oxygens (including phenoxy) is 4. The number of pyridine rings is 4. The Kier molecular flexibility index (Phi) is 21.8. The van der Waals surface area contributed by atoms with E-state index < -0.39 is 17.7 Å². The number of anilines is 12. The van der Waals surface area contributed by atoms with Crippen molar-refractivity contribution in [2.24, 2.45) is 0 Å². The van der Waals surface area contributed by atoms with Crippen molar-refractivity contribution in [3.63, 3.8) is 0 Å². The van der Waals surface area contributed by atoms with Crippen LogP contribution in [0.25, 0.3) is 23.3 Å². The highest BCUT2D eigenvalue weighted by Crippen LogP contribution is 2.37. The number of methoxy groups -OCH3 is 4. The van der Waals surface area contributed by atoms with Crippen LogP contribution in [0.3, 0.4) is 0 Å². The fourth-order valence-corrected chi connectivity index (χ4v) is 8.73. The molecule has 12 rings (SSSR count). The van der Waals surface area contributed by atoms with Gasteiger partial charge in [0.05, 0.1) is 67.2 Å². The number of benzene rings is 4. The summed E-state index contributed by atoms with van der Waals surface area (Å²) in [6, 6.07) is 39.4. The normalized spacial score (nSPS) is 10.9. The highest BCUT2D eigenvalue weighted by Gasteiger charge is 2.32. The fourth-order valence-electron chi connectivity index (χ4n) is 8.73. The van der Waals surface area contributed by atoms with Crippen LogP contribution in [0, 0.1) is 4.91 Å². The summed E-state index contributed by atoms with van der Waals surface area (Å²) in [7, 11) is 6.98. The van der Waals surface area contributed by atoms with Gasteiger partial charge in [0.2, 0.25) is 47.6 Å². The van der Waals surface area contributed by atoms with Crippen molar-refractivity contribution < 1.29 is 51.8 Å². The van der Waals surface area contributed by atoms with Gasteiger partial charge in [0.1, 0.15) is 23.0 Å². The summed E-state index contributed by atoms with van der Waals surface area (Å²) in [5, 5.41) is 38.7. The molecule has 0 aliphatic carbocycles. The highest BCUT2D eigenvalue weighted by molar-refractivity contribution is 5.91. The van der Waals surface area contributed by atoms with Gasteiger partial charge in [0, 0.05) is 36.9 Å². The largest absolute Gasteiger partial charge is 0.506 e. The zero-order valence-electron chi connectivity index (χ0n) is 54.0. The maximum absolute atomic E-state index is 12.9. The molecule has 0 amide bonds. The summed E-state index contributed by atoms with van der Waals surface area (Å²) < 4.78 is 64.6. The van der Waals surface area contributed by atoms with Crippen molar-refractivity contribution in [3.05, 3.63) is 192 Å². The van der Waals surface area contributed by atoms with Gasteiger partial charge in [-0.15, -0.1) is 20.4 Å². The Hall–Kier alpha value is -13.7. The molecule has 0 saturated heterocycles. The maximum Gasteiger partial charge on any atom is 0.416 e. The molecular weight excluding hydrogens is 1290 g/mol. The van der Waals surface area contributed by atoms with Gasteiger partial charge in [-0.05, 0) is 114 Å². The second-order valence-electron chi connectivity index (χ2n) is 21.2. The number of phenolic OH excluding ortho intramolecular Hbond substituents is 1. The van der Waals surface area contributed by atoms with E-state index in [0.29, 0.717) is 68.3 Å². The molecule has 0 spiro atoms. The van der Waals surface area contributed by atoms with Crippen LogP contribution >= 0.6 is 0 Å². The van der Waals surface area contributed by atoms with Crippen molar-refractivity contribution in [1.82, 2.24) is 79.0 Å². The SMILES string of the molecule is CC(C)(C)c1ccc(O)c(Nc2nc(N)n(-c3ccccn3)n2)c1.COC(=O)c1ccc(OC)c(Nc2nc(N)n(-c3ccccn3)n2)c1.COc1ccc(C(F)(F)F)cc1Nc1nc(N)n(-c2ccccn2)n1.COc1ccc([N+](=O)OC)cc1Nc1nc(N)n(-c2ccccn2)n1. The third-order valence-electron chi connectivity index (χ3n) is 13.5. The molecule has 0 saturated carbocycles. The second-order valence-corrected chi connectivity index (χ2v) is 21.2. The van der Waals surface area contributed by atoms with Crippen molar-refractivity contribution in [2.45, 2.75) is 32.4 Å². The number of phenols is 1. The molecule has 99 heavy (non-hydrogen) atoms. The second kappa shape index (κ2) is 31.0. The Labute approximate surface area is 561 Å². The van der Waals surface area contributed by atoms with Gasteiger partial charge in [-0.25, -0.2) is 29.6 Å². The standard InChI is InChI=1S/C17H20N6O.C16H16N6O3.C15H13F3N6O.C15H16N7O3/c1-17(2,3)11-7-8-13(24)12(10-11)20-16-21-15(18)23(22-16)14-6-4-5-9-19-14;1-24-12-7-6-10(14(23)25-2)9-11(12)19-16-20-15(17)22(21-16)13-5-3-4-8-18-13;1-25-11-6-5-9(15(16,17)18)8-10(11)21-14-22-13(19)24(23-14)12-4-2-3-7-20-12;1-24-12-7-6-10(22(23)25-2)9-11(12)18-15-19-14(16)21(20-15)13-5-3-4-8-17-13/h4-10,24H,1-3H3,(H3,18,20,21,22);3-9H,1-2H3,(H3,17,19,20,21);2-8H,1H3,(H3,19,21,22,23);3-9H,1-2H3,(H3,16,18,19,20)/q;;;+1. The summed E-state index contributed by atoms with van der Waals surface area (Å²) in [4.78, 5) is 61.5. The first-order valence-corrected chi connectivity index (χ1v) is 29.2. The number of hydrogen-bond donors (Lipinski definition) is 9. The van der Waals surface area contributed by atoms with E-state index in [2.05, 4.69) is 107 Å². The smallest absolute Gasteiger partial charge is 0.416 e. The van der Waals surface area contributed by atoms with Gasteiger partial charge in [-0.1, -0.05) is 51.1 Å². The van der Waals surface area contributed by atoms with Gasteiger partial charge >= 0.3 is 17.8 Å². The van der Waals surface area contributed by atoms with E-state index in [1.807, 2.05) is 36.4 Å². The topological polar surface area (TPSA) is 430 Å². The number of halogens is 3. The van der Waals surface area contributed by atoms with Crippen LogP contribution in [0.5, 0.6) is 23.0 Å². The lowest BCUT2D eigenvalue weighted by Crippen LogP contribution is -2.11. The monoisotopic (exact) mass is 1360 g/mol. The number of nitrogen functional groups attached to an aromatic ring is 4. The molecule has 4 aromatic carbocycles. The van der Waals surface area contributed by atoms with E-state index in [1.54, 1.807) is 116 Å². The zero-order valence-corrected chi connectivity index (χ0v) is 54.0. The third kappa shape index (κ3) is 17.6.